The van der Waals surface area contributed by atoms with Crippen LogP contribution < -0.4 is 9.47 Å². The van der Waals surface area contributed by atoms with E-state index in [4.69, 9.17) is 14.2 Å². The van der Waals surface area contributed by atoms with Crippen molar-refractivity contribution in [1.29, 1.82) is 0 Å². The molecule has 0 aliphatic rings. The standard InChI is InChI=1S/C22H22FNO4/c1-22(2,3)28-21(25)11-14-5-7-16(13-20(14)26-4)27-19-9-10-24-18-12-15(23)6-8-17(18)19/h5-10,12-13H,11H2,1-4H3. The van der Waals surface area contributed by atoms with Gasteiger partial charge in [-0.25, -0.2) is 4.39 Å². The van der Waals surface area contributed by atoms with Crippen LogP contribution in [0.4, 0.5) is 4.39 Å². The molecule has 0 fully saturated rings. The third kappa shape index (κ3) is 4.76. The zero-order chi connectivity index (χ0) is 20.3. The van der Waals surface area contributed by atoms with Crippen LogP contribution in [0.25, 0.3) is 10.9 Å². The maximum atomic E-state index is 13.4. The smallest absolute Gasteiger partial charge is 0.310 e. The van der Waals surface area contributed by atoms with Gasteiger partial charge in [0.15, 0.2) is 0 Å². The van der Waals surface area contributed by atoms with E-state index in [2.05, 4.69) is 4.98 Å². The van der Waals surface area contributed by atoms with Crippen LogP contribution in [0.15, 0.2) is 48.7 Å². The molecule has 0 radical (unpaired) electrons. The summed E-state index contributed by atoms with van der Waals surface area (Å²) in [4.78, 5) is 16.3. The molecule has 0 spiro atoms. The first-order chi connectivity index (χ1) is 13.2. The Balaban J connectivity index is 1.84. The Labute approximate surface area is 163 Å². The zero-order valence-corrected chi connectivity index (χ0v) is 16.3. The highest BCUT2D eigenvalue weighted by Crippen LogP contribution is 2.32. The molecule has 0 saturated carbocycles. The number of carbonyl (C=O) groups excluding carboxylic acids is 1. The van der Waals surface area contributed by atoms with Crippen LogP contribution in [0.3, 0.4) is 0 Å². The number of pyridine rings is 1. The lowest BCUT2D eigenvalue weighted by Crippen LogP contribution is -2.25. The van der Waals surface area contributed by atoms with Gasteiger partial charge in [-0.05, 0) is 45.0 Å². The van der Waals surface area contributed by atoms with E-state index in [1.54, 1.807) is 36.5 Å². The van der Waals surface area contributed by atoms with E-state index in [9.17, 15) is 9.18 Å². The van der Waals surface area contributed by atoms with Crippen LogP contribution in [-0.4, -0.2) is 23.7 Å². The number of rotatable bonds is 5. The van der Waals surface area contributed by atoms with Crippen molar-refractivity contribution in [1.82, 2.24) is 4.98 Å². The third-order valence-electron chi connectivity index (χ3n) is 3.91. The van der Waals surface area contributed by atoms with Gasteiger partial charge in [0, 0.05) is 29.3 Å². The van der Waals surface area contributed by atoms with Gasteiger partial charge in [-0.2, -0.15) is 0 Å². The lowest BCUT2D eigenvalue weighted by Gasteiger charge is -2.20. The fourth-order valence-corrected chi connectivity index (χ4v) is 2.78. The maximum absolute atomic E-state index is 13.4. The highest BCUT2D eigenvalue weighted by molar-refractivity contribution is 5.85. The zero-order valence-electron chi connectivity index (χ0n) is 16.3. The highest BCUT2D eigenvalue weighted by Gasteiger charge is 2.18. The number of methoxy groups -OCH3 is 1. The van der Waals surface area contributed by atoms with Crippen LogP contribution in [0.1, 0.15) is 26.3 Å². The van der Waals surface area contributed by atoms with Crippen molar-refractivity contribution in [2.45, 2.75) is 32.8 Å². The molecule has 2 aromatic carbocycles. The van der Waals surface area contributed by atoms with Gasteiger partial charge in [0.05, 0.1) is 19.0 Å². The number of aromatic nitrogens is 1. The topological polar surface area (TPSA) is 57.7 Å². The Morgan fingerprint density at radius 1 is 1.07 bits per heavy atom. The molecule has 0 unspecified atom stereocenters. The van der Waals surface area contributed by atoms with E-state index in [-0.39, 0.29) is 18.2 Å². The minimum absolute atomic E-state index is 0.0954. The second kappa shape index (κ2) is 7.84. The predicted molar refractivity (Wildman–Crippen MR) is 104 cm³/mol. The van der Waals surface area contributed by atoms with Crippen molar-refractivity contribution in [3.63, 3.8) is 0 Å². The molecule has 3 aromatic rings. The SMILES string of the molecule is COc1cc(Oc2ccnc3cc(F)ccc23)ccc1CC(=O)OC(C)(C)C. The van der Waals surface area contributed by atoms with Crippen LogP contribution >= 0.6 is 0 Å². The normalized spacial score (nSPS) is 11.3. The number of esters is 1. The van der Waals surface area contributed by atoms with E-state index in [0.29, 0.717) is 33.7 Å². The number of nitrogens with zero attached hydrogens (tertiary/aromatic N) is 1. The molecular formula is C22H22FNO4. The molecule has 146 valence electrons. The van der Waals surface area contributed by atoms with Crippen LogP contribution in [0.5, 0.6) is 17.2 Å². The number of fused-ring (bicyclic) bond motifs is 1. The van der Waals surface area contributed by atoms with Crippen molar-refractivity contribution in [2.75, 3.05) is 7.11 Å². The van der Waals surface area contributed by atoms with Gasteiger partial charge in [-0.1, -0.05) is 6.07 Å². The van der Waals surface area contributed by atoms with Crippen LogP contribution in [-0.2, 0) is 16.0 Å². The molecule has 0 N–H and O–H groups in total. The maximum Gasteiger partial charge on any atom is 0.310 e. The first-order valence-corrected chi connectivity index (χ1v) is 8.86. The van der Waals surface area contributed by atoms with Gasteiger partial charge in [-0.3, -0.25) is 9.78 Å². The summed E-state index contributed by atoms with van der Waals surface area (Å²) in [5.41, 5.74) is 0.659. The highest BCUT2D eigenvalue weighted by atomic mass is 19.1. The molecule has 6 heteroatoms. The Morgan fingerprint density at radius 2 is 1.86 bits per heavy atom. The molecule has 3 rings (SSSR count). The van der Waals surface area contributed by atoms with Gasteiger partial charge in [-0.15, -0.1) is 0 Å². The van der Waals surface area contributed by atoms with Gasteiger partial charge < -0.3 is 14.2 Å². The summed E-state index contributed by atoms with van der Waals surface area (Å²) in [6.45, 7) is 5.47. The molecule has 0 aliphatic carbocycles. The Hall–Kier alpha value is -3.15. The first kappa shape index (κ1) is 19.6. The minimum Gasteiger partial charge on any atom is -0.496 e. The van der Waals surface area contributed by atoms with Gasteiger partial charge in [0.2, 0.25) is 0 Å². The van der Waals surface area contributed by atoms with Crippen molar-refractivity contribution >= 4 is 16.9 Å². The fourth-order valence-electron chi connectivity index (χ4n) is 2.78. The second-order valence-electron chi connectivity index (χ2n) is 7.31. The summed E-state index contributed by atoms with van der Waals surface area (Å²) in [6, 6.07) is 11.3. The van der Waals surface area contributed by atoms with Crippen LogP contribution in [0.2, 0.25) is 0 Å². The van der Waals surface area contributed by atoms with Crippen molar-refractivity contribution < 1.29 is 23.4 Å². The van der Waals surface area contributed by atoms with Crippen molar-refractivity contribution in [3.8, 4) is 17.2 Å². The van der Waals surface area contributed by atoms with E-state index in [1.165, 1.54) is 19.2 Å². The number of hydrogen-bond donors (Lipinski definition) is 0. The molecule has 0 amide bonds. The Kier molecular flexibility index (Phi) is 5.49. The predicted octanol–water partition coefficient (Wildman–Crippen LogP) is 5.06. The summed E-state index contributed by atoms with van der Waals surface area (Å²) in [5.74, 6) is 0.910. The number of halogens is 1. The summed E-state index contributed by atoms with van der Waals surface area (Å²) < 4.78 is 30.1. The second-order valence-corrected chi connectivity index (χ2v) is 7.31. The summed E-state index contributed by atoms with van der Waals surface area (Å²) >= 11 is 0. The fraction of sp³-hybridized carbons (Fsp3) is 0.273. The van der Waals surface area contributed by atoms with E-state index >= 15 is 0 Å². The molecule has 1 heterocycles. The summed E-state index contributed by atoms with van der Waals surface area (Å²) in [7, 11) is 1.53. The molecule has 0 aliphatic heterocycles. The lowest BCUT2D eigenvalue weighted by molar-refractivity contribution is -0.153. The molecular weight excluding hydrogens is 361 g/mol. The quantitative estimate of drug-likeness (QED) is 0.577. The van der Waals surface area contributed by atoms with Gasteiger partial charge in [0.1, 0.15) is 28.7 Å². The van der Waals surface area contributed by atoms with E-state index < -0.39 is 5.60 Å². The van der Waals surface area contributed by atoms with Crippen LogP contribution in [0, 0.1) is 5.82 Å². The molecule has 0 saturated heterocycles. The monoisotopic (exact) mass is 383 g/mol. The van der Waals surface area contributed by atoms with Gasteiger partial charge >= 0.3 is 5.97 Å². The average molecular weight is 383 g/mol. The van der Waals surface area contributed by atoms with Crippen molar-refractivity contribution in [3.05, 3.63) is 60.0 Å². The largest absolute Gasteiger partial charge is 0.496 e. The number of hydrogen-bond acceptors (Lipinski definition) is 5. The first-order valence-electron chi connectivity index (χ1n) is 8.86. The summed E-state index contributed by atoms with van der Waals surface area (Å²) in [6.07, 6.45) is 1.66. The molecule has 1 aromatic heterocycles. The van der Waals surface area contributed by atoms with Gasteiger partial charge in [0.25, 0.3) is 0 Å². The average Bonchev–Trinajstić information content (AvgIpc) is 2.61. The summed E-state index contributed by atoms with van der Waals surface area (Å²) in [5, 5.41) is 0.695. The molecule has 0 bridgehead atoms. The van der Waals surface area contributed by atoms with E-state index in [1.807, 2.05) is 20.8 Å². The number of benzene rings is 2. The Bertz CT molecular complexity index is 1010. The molecule has 28 heavy (non-hydrogen) atoms. The minimum atomic E-state index is -0.546. The lowest BCUT2D eigenvalue weighted by atomic mass is 10.1. The Morgan fingerprint density at radius 3 is 2.57 bits per heavy atom. The molecule has 0 atom stereocenters. The van der Waals surface area contributed by atoms with E-state index in [0.717, 1.165) is 0 Å². The molecule has 5 nitrogen and oxygen atoms in total. The third-order valence-corrected chi connectivity index (χ3v) is 3.91. The number of carbonyl (C=O) groups is 1. The number of ether oxygens (including phenoxy) is 3. The van der Waals surface area contributed by atoms with Crippen molar-refractivity contribution in [2.24, 2.45) is 0 Å².